The van der Waals surface area contributed by atoms with Crippen LogP contribution in [0, 0.1) is 34.5 Å². The first-order chi connectivity index (χ1) is 33.2. The Hall–Kier alpha value is -5.60. The number of imide groups is 2. The van der Waals surface area contributed by atoms with Crippen LogP contribution in [-0.2, 0) is 0 Å². The number of hydrogen-bond acceptors (Lipinski definition) is 6. The van der Waals surface area contributed by atoms with Crippen molar-refractivity contribution in [2.75, 3.05) is 13.1 Å². The number of hydrogen-bond donors (Lipinski definition) is 0. The first kappa shape index (κ1) is 50.3. The number of carbonyl (C=O) groups is 4. The highest BCUT2D eigenvalue weighted by atomic mass is 16.2. The second kappa shape index (κ2) is 24.1. The van der Waals surface area contributed by atoms with Crippen molar-refractivity contribution in [2.45, 2.75) is 182 Å². The van der Waals surface area contributed by atoms with Gasteiger partial charge in [-0.05, 0) is 130 Å². The van der Waals surface area contributed by atoms with Crippen molar-refractivity contribution < 1.29 is 19.2 Å². The van der Waals surface area contributed by atoms with E-state index < -0.39 is 0 Å². The van der Waals surface area contributed by atoms with Crippen LogP contribution in [0.3, 0.4) is 0 Å². The maximum absolute atomic E-state index is 14.2. The molecular weight excluding hydrogens is 841 g/mol. The van der Waals surface area contributed by atoms with Crippen LogP contribution in [0.2, 0.25) is 0 Å². The number of amides is 4. The molecule has 0 bridgehead atoms. The second-order valence-corrected chi connectivity index (χ2v) is 20.2. The van der Waals surface area contributed by atoms with E-state index in [1.807, 2.05) is 48.5 Å². The minimum absolute atomic E-state index is 0.0356. The van der Waals surface area contributed by atoms with E-state index in [9.17, 15) is 29.7 Å². The summed E-state index contributed by atoms with van der Waals surface area (Å²) in [4.78, 5) is 59.5. The molecule has 358 valence electrons. The van der Waals surface area contributed by atoms with E-state index in [1.54, 1.807) is 0 Å². The molecule has 4 aromatic carbocycles. The van der Waals surface area contributed by atoms with Gasteiger partial charge in [0.05, 0.1) is 22.3 Å². The molecule has 2 aliphatic heterocycles. The summed E-state index contributed by atoms with van der Waals surface area (Å²) in [6.45, 7) is 9.73. The molecule has 0 saturated carbocycles. The first-order valence-corrected chi connectivity index (χ1v) is 26.7. The molecular formula is C60H74N4O4. The molecule has 7 rings (SSSR count). The number of rotatable bonds is 28. The van der Waals surface area contributed by atoms with E-state index in [-0.39, 0.29) is 41.0 Å². The third kappa shape index (κ3) is 11.1. The maximum Gasteiger partial charge on any atom is 0.261 e. The van der Waals surface area contributed by atoms with Crippen LogP contribution in [-0.4, -0.2) is 46.5 Å². The summed E-state index contributed by atoms with van der Waals surface area (Å²) < 4.78 is 0. The Morgan fingerprint density at radius 2 is 0.632 bits per heavy atom. The van der Waals surface area contributed by atoms with E-state index in [0.29, 0.717) is 52.0 Å². The van der Waals surface area contributed by atoms with Crippen molar-refractivity contribution in [2.24, 2.45) is 11.8 Å². The molecule has 0 unspecified atom stereocenters. The maximum atomic E-state index is 14.2. The normalized spacial score (nSPS) is 14.7. The highest BCUT2D eigenvalue weighted by Gasteiger charge is 2.39. The Balaban J connectivity index is 1.17. The van der Waals surface area contributed by atoms with Crippen LogP contribution in [0.4, 0.5) is 0 Å². The average molecular weight is 915 g/mol. The van der Waals surface area contributed by atoms with Crippen molar-refractivity contribution in [1.82, 2.24) is 9.80 Å². The Morgan fingerprint density at radius 1 is 0.382 bits per heavy atom. The molecule has 1 aliphatic carbocycles. The molecule has 0 radical (unpaired) electrons. The van der Waals surface area contributed by atoms with Crippen molar-refractivity contribution in [3.63, 3.8) is 0 Å². The smallest absolute Gasteiger partial charge is 0.261 e. The third-order valence-electron chi connectivity index (χ3n) is 15.2. The quantitative estimate of drug-likeness (QED) is 0.0280. The minimum atomic E-state index is -0.259. The summed E-state index contributed by atoms with van der Waals surface area (Å²) in [5.41, 5.74) is 5.06. The van der Waals surface area contributed by atoms with Crippen LogP contribution in [0.1, 0.15) is 234 Å². The van der Waals surface area contributed by atoms with Gasteiger partial charge < -0.3 is 0 Å². The van der Waals surface area contributed by atoms with Crippen LogP contribution in [0.25, 0.3) is 38.2 Å². The van der Waals surface area contributed by atoms with Gasteiger partial charge >= 0.3 is 0 Å². The third-order valence-corrected chi connectivity index (χ3v) is 15.2. The molecule has 4 aromatic rings. The summed E-state index contributed by atoms with van der Waals surface area (Å²) in [5, 5.41) is 23.7. The molecule has 3 aliphatic rings. The van der Waals surface area contributed by atoms with Crippen LogP contribution >= 0.6 is 0 Å². The fourth-order valence-electron chi connectivity index (χ4n) is 11.2. The topological polar surface area (TPSA) is 122 Å². The Bertz CT molecular complexity index is 2450. The van der Waals surface area contributed by atoms with Gasteiger partial charge in [0.15, 0.2) is 0 Å². The summed E-state index contributed by atoms with van der Waals surface area (Å²) in [6, 6.07) is 19.4. The van der Waals surface area contributed by atoms with Crippen LogP contribution in [0.15, 0.2) is 54.1 Å². The van der Waals surface area contributed by atoms with E-state index in [1.165, 1.54) is 86.8 Å². The monoisotopic (exact) mass is 915 g/mol. The molecule has 8 heteroatoms. The number of carbonyl (C=O) groups excluding carboxylic acids is 4. The molecule has 0 aromatic heterocycles. The summed E-state index contributed by atoms with van der Waals surface area (Å²) in [6.07, 6.45) is 27.7. The highest BCUT2D eigenvalue weighted by Crippen LogP contribution is 2.49. The number of nitrogens with zero attached hydrogens (tertiary/aromatic N) is 4. The molecule has 0 N–H and O–H groups in total. The molecule has 8 nitrogen and oxygen atoms in total. The van der Waals surface area contributed by atoms with Gasteiger partial charge in [0.2, 0.25) is 0 Å². The highest BCUT2D eigenvalue weighted by molar-refractivity contribution is 6.25. The van der Waals surface area contributed by atoms with Crippen LogP contribution in [0.5, 0.6) is 0 Å². The van der Waals surface area contributed by atoms with E-state index in [0.717, 1.165) is 110 Å². The zero-order valence-electron chi connectivity index (χ0n) is 41.6. The van der Waals surface area contributed by atoms with Crippen molar-refractivity contribution in [1.29, 1.82) is 10.5 Å². The number of benzene rings is 4. The lowest BCUT2D eigenvalue weighted by atomic mass is 9.93. The molecule has 0 fully saturated rings. The van der Waals surface area contributed by atoms with Crippen molar-refractivity contribution >= 4 is 50.7 Å². The van der Waals surface area contributed by atoms with Gasteiger partial charge in [-0.3, -0.25) is 29.0 Å². The lowest BCUT2D eigenvalue weighted by Crippen LogP contribution is -2.34. The minimum Gasteiger partial charge on any atom is -0.274 e. The largest absolute Gasteiger partial charge is 0.274 e. The van der Waals surface area contributed by atoms with E-state index >= 15 is 0 Å². The summed E-state index contributed by atoms with van der Waals surface area (Å²) in [5.74, 6) is -0.487. The second-order valence-electron chi connectivity index (χ2n) is 20.2. The molecule has 0 spiro atoms. The van der Waals surface area contributed by atoms with Gasteiger partial charge in [-0.2, -0.15) is 10.5 Å². The number of fused-ring (bicyclic) bond motifs is 7. The van der Waals surface area contributed by atoms with Gasteiger partial charge in [0, 0.05) is 18.7 Å². The summed E-state index contributed by atoms with van der Waals surface area (Å²) in [7, 11) is 0. The molecule has 4 amide bonds. The molecule has 2 heterocycles. The number of allylic oxidation sites excluding steroid dienone is 1. The van der Waals surface area contributed by atoms with E-state index in [4.69, 9.17) is 0 Å². The lowest BCUT2D eigenvalue weighted by molar-refractivity contribution is 0.0607. The standard InChI is InChI=1S/C60H74N4O4/c1-5-9-13-17-19-23-27-41(25-21-15-11-7-3)39-63-57(65)52-33-43-29-48-49-30-44-34-53-55(60(68)64(58(53)66)40-42(26-22-16-12-8-4)28-24-20-18-14-10-6-2)36-46(44)32-51(49)56(47(37-61)38-62)50(48)31-45(43)35-54(52)59(63)67/h29-36,41-42H,5-28,39-40H2,1-4H3/t41-,42+. The molecule has 68 heavy (non-hydrogen) atoms. The number of nitriles is 2. The SMILES string of the molecule is CCCCCCCC[C@@H](CCCCCC)CN1C(=O)c2cc3cc4c(cc3cc2C1=O)-c1cc2cc3c(cc2cc1C4=C(C#N)C#N)C(=O)N(C[C@@H](CCCCCC)CCCCCCCC)C3=O. The molecule has 0 saturated heterocycles. The van der Waals surface area contributed by atoms with E-state index in [2.05, 4.69) is 39.8 Å². The average Bonchev–Trinajstić information content (AvgIpc) is 3.85. The zero-order chi connectivity index (χ0) is 48.2. The fraction of sp³-hybridized carbons (Fsp3) is 0.533. The first-order valence-electron chi connectivity index (χ1n) is 26.7. The van der Waals surface area contributed by atoms with Crippen molar-refractivity contribution in [3.8, 4) is 23.3 Å². The van der Waals surface area contributed by atoms with Crippen LogP contribution < -0.4 is 0 Å². The van der Waals surface area contributed by atoms with Gasteiger partial charge in [-0.15, -0.1) is 0 Å². The van der Waals surface area contributed by atoms with Gasteiger partial charge in [-0.1, -0.05) is 156 Å². The Kier molecular flexibility index (Phi) is 17.8. The van der Waals surface area contributed by atoms with Gasteiger partial charge in [0.1, 0.15) is 17.7 Å². The predicted octanol–water partition coefficient (Wildman–Crippen LogP) is 15.7. The van der Waals surface area contributed by atoms with Gasteiger partial charge in [-0.25, -0.2) is 0 Å². The molecule has 2 atom stereocenters. The van der Waals surface area contributed by atoms with Gasteiger partial charge in [0.25, 0.3) is 23.6 Å². The summed E-state index contributed by atoms with van der Waals surface area (Å²) >= 11 is 0. The van der Waals surface area contributed by atoms with Crippen molar-refractivity contribution in [3.05, 3.63) is 87.5 Å². The zero-order valence-corrected chi connectivity index (χ0v) is 41.6. The Labute approximate surface area is 406 Å². The number of unbranched alkanes of at least 4 members (excludes halogenated alkanes) is 16. The predicted molar refractivity (Wildman–Crippen MR) is 275 cm³/mol. The fourth-order valence-corrected chi connectivity index (χ4v) is 11.2. The lowest BCUT2D eigenvalue weighted by Gasteiger charge is -2.23. The Morgan fingerprint density at radius 3 is 0.926 bits per heavy atom.